The zero-order valence-electron chi connectivity index (χ0n) is 15.0. The minimum absolute atomic E-state index is 0.506. The van der Waals surface area contributed by atoms with Gasteiger partial charge in [-0.25, -0.2) is 0 Å². The molecule has 0 radical (unpaired) electrons. The van der Waals surface area contributed by atoms with Gasteiger partial charge in [-0.1, -0.05) is 31.2 Å². The van der Waals surface area contributed by atoms with Crippen LogP contribution >= 0.6 is 0 Å². The normalized spacial score (nSPS) is 29.5. The van der Waals surface area contributed by atoms with Crippen LogP contribution in [0.2, 0.25) is 0 Å². The van der Waals surface area contributed by atoms with Gasteiger partial charge in [0, 0.05) is 25.3 Å². The molecule has 2 unspecified atom stereocenters. The number of rotatable bonds is 3. The maximum Gasteiger partial charge on any atom is 0.0566 e. The first kappa shape index (κ1) is 16.0. The molecular formula is C21H29N3. The van der Waals surface area contributed by atoms with Gasteiger partial charge in [0.15, 0.2) is 0 Å². The Morgan fingerprint density at radius 1 is 1.25 bits per heavy atom. The molecule has 4 rings (SSSR count). The molecule has 3 heteroatoms. The summed E-state index contributed by atoms with van der Waals surface area (Å²) in [5.41, 5.74) is 5.99. The fourth-order valence-electron chi connectivity index (χ4n) is 4.64. The summed E-state index contributed by atoms with van der Waals surface area (Å²) in [4.78, 5) is 7.38. The van der Waals surface area contributed by atoms with E-state index < -0.39 is 0 Å². The van der Waals surface area contributed by atoms with Crippen molar-refractivity contribution in [1.29, 1.82) is 0 Å². The van der Waals surface area contributed by atoms with Gasteiger partial charge in [-0.2, -0.15) is 0 Å². The van der Waals surface area contributed by atoms with E-state index in [-0.39, 0.29) is 0 Å². The Kier molecular flexibility index (Phi) is 4.55. The van der Waals surface area contributed by atoms with Crippen molar-refractivity contribution >= 4 is 6.21 Å². The second-order valence-electron chi connectivity index (χ2n) is 7.76. The van der Waals surface area contributed by atoms with Gasteiger partial charge in [0.25, 0.3) is 0 Å². The first-order chi connectivity index (χ1) is 11.7. The fourth-order valence-corrected chi connectivity index (χ4v) is 4.64. The van der Waals surface area contributed by atoms with Crippen LogP contribution in [0.4, 0.5) is 0 Å². The smallest absolute Gasteiger partial charge is 0.0566 e. The SMILES string of the molecule is CC1CC=NC2=C1CCC[C@@H]2N(C)CC1Cc2ccccc2CN1. The van der Waals surface area contributed by atoms with E-state index in [1.165, 1.54) is 36.1 Å². The lowest BCUT2D eigenvalue weighted by molar-refractivity contribution is 0.213. The molecule has 2 heterocycles. The van der Waals surface area contributed by atoms with E-state index in [0.717, 1.165) is 25.9 Å². The molecule has 0 bridgehead atoms. The third-order valence-corrected chi connectivity index (χ3v) is 6.06. The zero-order valence-corrected chi connectivity index (χ0v) is 15.0. The van der Waals surface area contributed by atoms with Crippen LogP contribution in [0.3, 0.4) is 0 Å². The molecule has 0 fully saturated rings. The van der Waals surface area contributed by atoms with Gasteiger partial charge in [-0.15, -0.1) is 0 Å². The third-order valence-electron chi connectivity index (χ3n) is 6.06. The first-order valence-electron chi connectivity index (χ1n) is 9.48. The van der Waals surface area contributed by atoms with Crippen molar-refractivity contribution in [2.45, 2.75) is 57.7 Å². The molecule has 128 valence electrons. The Labute approximate surface area is 145 Å². The van der Waals surface area contributed by atoms with Gasteiger partial charge in [-0.3, -0.25) is 9.89 Å². The summed E-state index contributed by atoms with van der Waals surface area (Å²) >= 11 is 0. The standard InChI is InChI=1S/C21H29N3/c1-15-10-11-22-21-19(15)8-5-9-20(21)24(2)14-18-12-16-6-3-4-7-17(16)13-23-18/h3-4,6-7,11,15,18,20,23H,5,8-10,12-14H2,1-2H3/t15?,18?,20-/m0/s1. The lowest BCUT2D eigenvalue weighted by Gasteiger charge is -2.38. The van der Waals surface area contributed by atoms with Crippen LogP contribution in [-0.4, -0.2) is 36.8 Å². The molecule has 2 aliphatic heterocycles. The van der Waals surface area contributed by atoms with Crippen molar-refractivity contribution in [3.05, 3.63) is 46.7 Å². The minimum atomic E-state index is 0.506. The zero-order chi connectivity index (χ0) is 16.5. The number of hydrogen-bond acceptors (Lipinski definition) is 3. The number of aliphatic imine (C=N–C) groups is 1. The van der Waals surface area contributed by atoms with Crippen LogP contribution in [0.15, 0.2) is 40.5 Å². The van der Waals surface area contributed by atoms with E-state index in [0.29, 0.717) is 18.0 Å². The number of nitrogens with zero attached hydrogens (tertiary/aromatic N) is 2. The molecule has 1 aromatic rings. The number of fused-ring (bicyclic) bond motifs is 1. The molecule has 0 saturated heterocycles. The molecule has 3 aliphatic rings. The van der Waals surface area contributed by atoms with E-state index in [2.05, 4.69) is 54.7 Å². The Bertz CT molecular complexity index is 661. The van der Waals surface area contributed by atoms with Crippen molar-refractivity contribution in [3.63, 3.8) is 0 Å². The highest BCUT2D eigenvalue weighted by molar-refractivity contribution is 5.63. The van der Waals surface area contributed by atoms with Gasteiger partial charge in [0.05, 0.1) is 11.7 Å². The van der Waals surface area contributed by atoms with Crippen LogP contribution in [0.5, 0.6) is 0 Å². The van der Waals surface area contributed by atoms with Crippen LogP contribution in [0.25, 0.3) is 0 Å². The van der Waals surface area contributed by atoms with Crippen LogP contribution in [0.1, 0.15) is 43.7 Å². The predicted molar refractivity (Wildman–Crippen MR) is 100 cm³/mol. The monoisotopic (exact) mass is 323 g/mol. The van der Waals surface area contributed by atoms with Crippen molar-refractivity contribution in [2.75, 3.05) is 13.6 Å². The highest BCUT2D eigenvalue weighted by Gasteiger charge is 2.31. The molecule has 1 aromatic carbocycles. The number of nitrogens with one attached hydrogen (secondary N) is 1. The van der Waals surface area contributed by atoms with Crippen molar-refractivity contribution in [2.24, 2.45) is 10.9 Å². The Hall–Kier alpha value is -1.45. The summed E-state index contributed by atoms with van der Waals surface area (Å²) in [6.07, 6.45) is 8.23. The molecule has 0 amide bonds. The summed E-state index contributed by atoms with van der Waals surface area (Å²) in [6, 6.07) is 9.90. The molecule has 1 N–H and O–H groups in total. The van der Waals surface area contributed by atoms with E-state index in [4.69, 9.17) is 4.99 Å². The van der Waals surface area contributed by atoms with Crippen LogP contribution in [0, 0.1) is 5.92 Å². The van der Waals surface area contributed by atoms with Gasteiger partial charge in [-0.05, 0) is 61.8 Å². The number of hydrogen-bond donors (Lipinski definition) is 1. The van der Waals surface area contributed by atoms with Crippen LogP contribution < -0.4 is 5.32 Å². The lowest BCUT2D eigenvalue weighted by atomic mass is 9.82. The molecular weight excluding hydrogens is 294 g/mol. The molecule has 3 atom stereocenters. The summed E-state index contributed by atoms with van der Waals surface area (Å²) in [5.74, 6) is 0.688. The average Bonchev–Trinajstić information content (AvgIpc) is 2.61. The highest BCUT2D eigenvalue weighted by atomic mass is 15.2. The summed E-state index contributed by atoms with van der Waals surface area (Å²) < 4.78 is 0. The van der Waals surface area contributed by atoms with E-state index in [9.17, 15) is 0 Å². The molecule has 0 spiro atoms. The van der Waals surface area contributed by atoms with Gasteiger partial charge < -0.3 is 5.32 Å². The Morgan fingerprint density at radius 3 is 2.96 bits per heavy atom. The number of likely N-dealkylation sites (N-methyl/N-ethyl adjacent to an activating group) is 1. The summed E-state index contributed by atoms with van der Waals surface area (Å²) in [6.45, 7) is 4.46. The van der Waals surface area contributed by atoms with Gasteiger partial charge >= 0.3 is 0 Å². The first-order valence-corrected chi connectivity index (χ1v) is 9.48. The van der Waals surface area contributed by atoms with E-state index in [1.54, 1.807) is 5.57 Å². The third kappa shape index (κ3) is 3.07. The predicted octanol–water partition coefficient (Wildman–Crippen LogP) is 3.55. The van der Waals surface area contributed by atoms with Gasteiger partial charge in [0.1, 0.15) is 0 Å². The maximum atomic E-state index is 4.83. The molecule has 3 nitrogen and oxygen atoms in total. The summed E-state index contributed by atoms with van der Waals surface area (Å²) in [5, 5.41) is 3.73. The maximum absolute atomic E-state index is 4.83. The Balaban J connectivity index is 1.46. The lowest BCUT2D eigenvalue weighted by Crippen LogP contribution is -2.47. The quantitative estimate of drug-likeness (QED) is 0.921. The van der Waals surface area contributed by atoms with Crippen molar-refractivity contribution in [3.8, 4) is 0 Å². The topological polar surface area (TPSA) is 27.6 Å². The molecule has 0 saturated carbocycles. The number of benzene rings is 1. The van der Waals surface area contributed by atoms with Crippen molar-refractivity contribution < 1.29 is 0 Å². The second kappa shape index (κ2) is 6.81. The number of allylic oxidation sites excluding steroid dienone is 1. The summed E-state index contributed by atoms with van der Waals surface area (Å²) in [7, 11) is 2.29. The average molecular weight is 323 g/mol. The van der Waals surface area contributed by atoms with E-state index in [1.807, 2.05) is 0 Å². The van der Waals surface area contributed by atoms with E-state index >= 15 is 0 Å². The van der Waals surface area contributed by atoms with Crippen LogP contribution in [-0.2, 0) is 13.0 Å². The second-order valence-corrected chi connectivity index (χ2v) is 7.76. The van der Waals surface area contributed by atoms with Gasteiger partial charge in [0.2, 0.25) is 0 Å². The molecule has 0 aromatic heterocycles. The van der Waals surface area contributed by atoms with Crippen molar-refractivity contribution in [1.82, 2.24) is 10.2 Å². The molecule has 24 heavy (non-hydrogen) atoms. The highest BCUT2D eigenvalue weighted by Crippen LogP contribution is 2.36. The largest absolute Gasteiger partial charge is 0.308 e. The minimum Gasteiger partial charge on any atom is -0.308 e. The Morgan fingerprint density at radius 2 is 2.08 bits per heavy atom. The fraction of sp³-hybridized carbons (Fsp3) is 0.571. The molecule has 1 aliphatic carbocycles.